The molecule has 0 unspecified atom stereocenters. The number of nitrogens with zero attached hydrogens (tertiary/aromatic N) is 1. The van der Waals surface area contributed by atoms with E-state index in [0.717, 1.165) is 13.1 Å². The molecule has 2 heteroatoms. The quantitative estimate of drug-likeness (QED) is 0.751. The molecule has 0 aliphatic carbocycles. The molecule has 2 nitrogen and oxygen atoms in total. The van der Waals surface area contributed by atoms with Crippen LogP contribution in [-0.4, -0.2) is 11.6 Å². The van der Waals surface area contributed by atoms with Crippen molar-refractivity contribution < 1.29 is 0 Å². The predicted octanol–water partition coefficient (Wildman–Crippen LogP) is 3.41. The van der Waals surface area contributed by atoms with Crippen LogP contribution in [0.1, 0.15) is 11.1 Å². The number of rotatable bonds is 4. The first-order valence-electron chi connectivity index (χ1n) is 6.63. The van der Waals surface area contributed by atoms with E-state index in [1.807, 2.05) is 7.05 Å². The molecule has 0 fully saturated rings. The fourth-order valence-corrected chi connectivity index (χ4v) is 2.48. The second-order valence-electron chi connectivity index (χ2n) is 4.85. The maximum Gasteiger partial charge on any atom is 0.0483 e. The summed E-state index contributed by atoms with van der Waals surface area (Å²) in [6.07, 6.45) is 2.17. The van der Waals surface area contributed by atoms with Crippen molar-refractivity contribution in [1.29, 1.82) is 0 Å². The minimum Gasteiger partial charge on any atom is -0.343 e. The van der Waals surface area contributed by atoms with E-state index in [9.17, 15) is 0 Å². The van der Waals surface area contributed by atoms with Crippen molar-refractivity contribution in [3.05, 3.63) is 71.9 Å². The summed E-state index contributed by atoms with van der Waals surface area (Å²) in [6, 6.07) is 19.4. The summed E-state index contributed by atoms with van der Waals surface area (Å²) in [5.41, 5.74) is 3.95. The minimum atomic E-state index is 0.916. The van der Waals surface area contributed by atoms with Crippen molar-refractivity contribution in [3.8, 4) is 0 Å². The summed E-state index contributed by atoms with van der Waals surface area (Å²) in [6.45, 7) is 1.84. The summed E-state index contributed by atoms with van der Waals surface area (Å²) in [5.74, 6) is 0. The van der Waals surface area contributed by atoms with Gasteiger partial charge >= 0.3 is 0 Å². The molecule has 0 atom stereocenters. The summed E-state index contributed by atoms with van der Waals surface area (Å²) in [7, 11) is 1.98. The molecule has 0 amide bonds. The van der Waals surface area contributed by atoms with Crippen LogP contribution in [-0.2, 0) is 13.1 Å². The molecule has 1 aromatic heterocycles. The van der Waals surface area contributed by atoms with E-state index in [1.54, 1.807) is 0 Å². The standard InChI is InChI=1S/C17H18N2/c1-18-12-15-7-8-17-16(11-15)9-10-19(17)13-14-5-3-2-4-6-14/h2-11,18H,12-13H2,1H3. The summed E-state index contributed by atoms with van der Waals surface area (Å²) in [4.78, 5) is 0. The van der Waals surface area contributed by atoms with Crippen LogP contribution in [0, 0.1) is 0 Å². The second kappa shape index (κ2) is 5.29. The third-order valence-corrected chi connectivity index (χ3v) is 3.41. The SMILES string of the molecule is CNCc1ccc2c(ccn2Cc2ccccc2)c1. The molecular formula is C17H18N2. The first kappa shape index (κ1) is 12.0. The lowest BCUT2D eigenvalue weighted by Crippen LogP contribution is -2.04. The van der Waals surface area contributed by atoms with Gasteiger partial charge in [0.25, 0.3) is 0 Å². The number of fused-ring (bicyclic) bond motifs is 1. The third-order valence-electron chi connectivity index (χ3n) is 3.41. The van der Waals surface area contributed by atoms with E-state index in [4.69, 9.17) is 0 Å². The van der Waals surface area contributed by atoms with Crippen LogP contribution in [0.25, 0.3) is 10.9 Å². The predicted molar refractivity (Wildman–Crippen MR) is 80.2 cm³/mol. The van der Waals surface area contributed by atoms with Crippen LogP contribution >= 0.6 is 0 Å². The van der Waals surface area contributed by atoms with Crippen molar-refractivity contribution >= 4 is 10.9 Å². The Labute approximate surface area is 113 Å². The smallest absolute Gasteiger partial charge is 0.0483 e. The highest BCUT2D eigenvalue weighted by Gasteiger charge is 2.02. The van der Waals surface area contributed by atoms with Crippen molar-refractivity contribution in [2.24, 2.45) is 0 Å². The molecule has 3 aromatic rings. The zero-order valence-corrected chi connectivity index (χ0v) is 11.1. The maximum absolute atomic E-state index is 3.19. The Morgan fingerprint density at radius 3 is 2.58 bits per heavy atom. The topological polar surface area (TPSA) is 17.0 Å². The molecule has 0 aliphatic heterocycles. The molecule has 0 bridgehead atoms. The van der Waals surface area contributed by atoms with Crippen LogP contribution in [0.3, 0.4) is 0 Å². The molecule has 0 radical (unpaired) electrons. The van der Waals surface area contributed by atoms with E-state index < -0.39 is 0 Å². The van der Waals surface area contributed by atoms with Gasteiger partial charge < -0.3 is 9.88 Å². The Bertz CT molecular complexity index is 668. The molecule has 96 valence electrons. The number of nitrogens with one attached hydrogen (secondary N) is 1. The molecule has 2 aromatic carbocycles. The average Bonchev–Trinajstić information content (AvgIpc) is 2.83. The van der Waals surface area contributed by atoms with Gasteiger partial charge in [0.2, 0.25) is 0 Å². The number of hydrogen-bond acceptors (Lipinski definition) is 1. The average molecular weight is 250 g/mol. The van der Waals surface area contributed by atoms with Crippen LogP contribution < -0.4 is 5.32 Å². The normalized spacial score (nSPS) is 11.0. The zero-order chi connectivity index (χ0) is 13.1. The fourth-order valence-electron chi connectivity index (χ4n) is 2.48. The van der Waals surface area contributed by atoms with Crippen LogP contribution in [0.5, 0.6) is 0 Å². The van der Waals surface area contributed by atoms with E-state index in [1.165, 1.54) is 22.0 Å². The Morgan fingerprint density at radius 1 is 0.947 bits per heavy atom. The van der Waals surface area contributed by atoms with E-state index in [-0.39, 0.29) is 0 Å². The van der Waals surface area contributed by atoms with Gasteiger partial charge in [0.1, 0.15) is 0 Å². The van der Waals surface area contributed by atoms with Gasteiger partial charge in [-0.15, -0.1) is 0 Å². The molecular weight excluding hydrogens is 232 g/mol. The van der Waals surface area contributed by atoms with Crippen LogP contribution in [0.15, 0.2) is 60.8 Å². The molecule has 0 spiro atoms. The van der Waals surface area contributed by atoms with Gasteiger partial charge in [-0.05, 0) is 41.8 Å². The lowest BCUT2D eigenvalue weighted by atomic mass is 10.1. The second-order valence-corrected chi connectivity index (χ2v) is 4.85. The van der Waals surface area contributed by atoms with E-state index in [0.29, 0.717) is 0 Å². The van der Waals surface area contributed by atoms with Gasteiger partial charge in [-0.25, -0.2) is 0 Å². The molecule has 0 aliphatic rings. The van der Waals surface area contributed by atoms with Crippen molar-refractivity contribution in [3.63, 3.8) is 0 Å². The largest absolute Gasteiger partial charge is 0.343 e. The molecule has 0 saturated heterocycles. The number of aromatic nitrogens is 1. The summed E-state index contributed by atoms with van der Waals surface area (Å²) < 4.78 is 2.30. The van der Waals surface area contributed by atoms with Crippen molar-refractivity contribution in [1.82, 2.24) is 9.88 Å². The Kier molecular flexibility index (Phi) is 3.34. The van der Waals surface area contributed by atoms with E-state index in [2.05, 4.69) is 70.7 Å². The lowest BCUT2D eigenvalue weighted by molar-refractivity contribution is 0.817. The van der Waals surface area contributed by atoms with Gasteiger partial charge in [0, 0.05) is 24.8 Å². The zero-order valence-electron chi connectivity index (χ0n) is 11.1. The highest BCUT2D eigenvalue weighted by Crippen LogP contribution is 2.19. The van der Waals surface area contributed by atoms with Crippen LogP contribution in [0.4, 0.5) is 0 Å². The van der Waals surface area contributed by atoms with Gasteiger partial charge in [-0.2, -0.15) is 0 Å². The molecule has 3 rings (SSSR count). The first-order valence-corrected chi connectivity index (χ1v) is 6.63. The Hall–Kier alpha value is -2.06. The van der Waals surface area contributed by atoms with Crippen molar-refractivity contribution in [2.75, 3.05) is 7.05 Å². The summed E-state index contributed by atoms with van der Waals surface area (Å²) >= 11 is 0. The molecule has 1 heterocycles. The van der Waals surface area contributed by atoms with E-state index >= 15 is 0 Å². The fraction of sp³-hybridized carbons (Fsp3) is 0.176. The van der Waals surface area contributed by atoms with Gasteiger partial charge in [-0.1, -0.05) is 36.4 Å². The number of benzene rings is 2. The monoisotopic (exact) mass is 250 g/mol. The van der Waals surface area contributed by atoms with Crippen molar-refractivity contribution in [2.45, 2.75) is 13.1 Å². The summed E-state index contributed by atoms with van der Waals surface area (Å²) in [5, 5.41) is 4.50. The van der Waals surface area contributed by atoms with Gasteiger partial charge in [0.05, 0.1) is 0 Å². The Morgan fingerprint density at radius 2 is 1.79 bits per heavy atom. The van der Waals surface area contributed by atoms with Crippen LogP contribution in [0.2, 0.25) is 0 Å². The Balaban J connectivity index is 1.93. The molecule has 1 N–H and O–H groups in total. The highest BCUT2D eigenvalue weighted by molar-refractivity contribution is 5.81. The van der Waals surface area contributed by atoms with Gasteiger partial charge in [-0.3, -0.25) is 0 Å². The number of hydrogen-bond donors (Lipinski definition) is 1. The third kappa shape index (κ3) is 2.54. The van der Waals surface area contributed by atoms with Gasteiger partial charge in [0.15, 0.2) is 0 Å². The maximum atomic E-state index is 3.19. The molecule has 19 heavy (non-hydrogen) atoms. The lowest BCUT2D eigenvalue weighted by Gasteiger charge is -2.06. The first-order chi connectivity index (χ1) is 9.36. The highest BCUT2D eigenvalue weighted by atomic mass is 14.9. The molecule has 0 saturated carbocycles. The minimum absolute atomic E-state index is 0.916.